The summed E-state index contributed by atoms with van der Waals surface area (Å²) >= 11 is 0. The largest absolute Gasteiger partial charge is 0.497 e. The van der Waals surface area contributed by atoms with Crippen LogP contribution in [0.1, 0.15) is 45.2 Å². The fourth-order valence-electron chi connectivity index (χ4n) is 4.79. The van der Waals surface area contributed by atoms with Gasteiger partial charge in [0.15, 0.2) is 5.92 Å². The number of methoxy groups -OCH3 is 4. The van der Waals surface area contributed by atoms with Gasteiger partial charge in [0.2, 0.25) is 5.90 Å². The van der Waals surface area contributed by atoms with E-state index in [2.05, 4.69) is 4.40 Å². The molecule has 0 spiro atoms. The number of hydrogen-bond acceptors (Lipinski definition) is 8. The zero-order valence-corrected chi connectivity index (χ0v) is 25.9. The predicted octanol–water partition coefficient (Wildman–Crippen LogP) is 4.15. The summed E-state index contributed by atoms with van der Waals surface area (Å²) in [5, 5.41) is 3.48. The van der Waals surface area contributed by atoms with E-state index in [9.17, 15) is 13.8 Å². The van der Waals surface area contributed by atoms with Crippen LogP contribution in [0, 0.1) is 11.8 Å². The van der Waals surface area contributed by atoms with E-state index in [1.165, 1.54) is 14.2 Å². The van der Waals surface area contributed by atoms with Gasteiger partial charge < -0.3 is 18.9 Å². The summed E-state index contributed by atoms with van der Waals surface area (Å²) in [5.74, 6) is -1.11. The first-order valence-corrected chi connectivity index (χ1v) is 14.6. The lowest BCUT2D eigenvalue weighted by Gasteiger charge is -2.36. The van der Waals surface area contributed by atoms with Crippen molar-refractivity contribution in [1.82, 2.24) is 10.0 Å². The molecule has 0 N–H and O–H groups in total. The lowest BCUT2D eigenvalue weighted by atomic mass is 9.86. The Morgan fingerprint density at radius 1 is 0.902 bits per heavy atom. The molecule has 1 amide bonds. The lowest BCUT2D eigenvalue weighted by Crippen LogP contribution is -2.48. The van der Waals surface area contributed by atoms with Crippen molar-refractivity contribution in [2.24, 2.45) is 16.2 Å². The molecule has 0 radical (unpaired) electrons. The van der Waals surface area contributed by atoms with E-state index in [1.54, 1.807) is 19.2 Å². The second-order valence-corrected chi connectivity index (χ2v) is 12.6. The van der Waals surface area contributed by atoms with E-state index in [0.29, 0.717) is 24.5 Å². The van der Waals surface area contributed by atoms with Gasteiger partial charge >= 0.3 is 5.97 Å². The molecule has 1 aliphatic rings. The maximum Gasteiger partial charge on any atom is 0.320 e. The third kappa shape index (κ3) is 7.45. The maximum atomic E-state index is 14.1. The number of carbonyl (C=O) groups is 2. The minimum Gasteiger partial charge on any atom is -0.497 e. The first-order chi connectivity index (χ1) is 19.5. The fourth-order valence-corrected chi connectivity index (χ4v) is 5.44. The van der Waals surface area contributed by atoms with Gasteiger partial charge in [-0.05, 0) is 62.6 Å². The van der Waals surface area contributed by atoms with Crippen LogP contribution in [0.25, 0.3) is 0 Å². The molecule has 224 valence electrons. The highest BCUT2D eigenvalue weighted by atomic mass is 32.2. The summed E-state index contributed by atoms with van der Waals surface area (Å²) in [6.07, 6.45) is 0.467. The Labute approximate surface area is 245 Å². The average molecular weight is 588 g/mol. The van der Waals surface area contributed by atoms with E-state index in [0.717, 1.165) is 11.1 Å². The van der Waals surface area contributed by atoms with Crippen LogP contribution in [0.2, 0.25) is 0 Å². The number of ether oxygens (including phenoxy) is 4. The zero-order chi connectivity index (χ0) is 30.3. The van der Waals surface area contributed by atoms with Gasteiger partial charge in [-0.15, -0.1) is 0 Å². The van der Waals surface area contributed by atoms with E-state index in [-0.39, 0.29) is 12.4 Å². The summed E-state index contributed by atoms with van der Waals surface area (Å²) in [6.45, 7) is 7.92. The molecule has 41 heavy (non-hydrogen) atoms. The Balaban J connectivity index is 2.15. The predicted molar refractivity (Wildman–Crippen MR) is 157 cm³/mol. The molecule has 1 fully saturated rings. The van der Waals surface area contributed by atoms with E-state index in [4.69, 9.17) is 18.9 Å². The number of carbonyl (C=O) groups excluding carboxylic acids is 2. The van der Waals surface area contributed by atoms with Crippen LogP contribution in [0.4, 0.5) is 0 Å². The summed E-state index contributed by atoms with van der Waals surface area (Å²) in [6, 6.07) is 14.2. The van der Waals surface area contributed by atoms with Crippen LogP contribution in [0.3, 0.4) is 0 Å². The molecular formula is C30H41N3O7S. The number of hydrazine groups is 1. The molecule has 3 rings (SSSR count). The Hall–Kier alpha value is -3.44. The van der Waals surface area contributed by atoms with Crippen LogP contribution in [0.5, 0.6) is 11.5 Å². The smallest absolute Gasteiger partial charge is 0.320 e. The molecule has 11 heteroatoms. The SMILES string of the molecule is CCC(/C(=N/S(=O)C(C)(C)C)OC)[C@@H]1[C@@H](C(=O)OC)C(=O)N(Cc2ccc(OC)cc2)N1Cc1ccc(OC)cc1. The van der Waals surface area contributed by atoms with Gasteiger partial charge in [-0.1, -0.05) is 31.2 Å². The summed E-state index contributed by atoms with van der Waals surface area (Å²) in [4.78, 5) is 27.3. The minimum absolute atomic E-state index is 0.215. The minimum atomic E-state index is -1.61. The van der Waals surface area contributed by atoms with Crippen molar-refractivity contribution in [1.29, 1.82) is 0 Å². The quantitative estimate of drug-likeness (QED) is 0.167. The summed E-state index contributed by atoms with van der Waals surface area (Å²) in [7, 11) is 4.31. The maximum absolute atomic E-state index is 14.1. The van der Waals surface area contributed by atoms with E-state index >= 15 is 0 Å². The molecule has 1 saturated heterocycles. The number of benzene rings is 2. The van der Waals surface area contributed by atoms with Gasteiger partial charge in [0.1, 0.15) is 22.5 Å². The average Bonchev–Trinajstić information content (AvgIpc) is 3.22. The van der Waals surface area contributed by atoms with Crippen LogP contribution in [-0.2, 0) is 43.1 Å². The fraction of sp³-hybridized carbons (Fsp3) is 0.500. The Bertz CT molecular complexity index is 1240. The number of rotatable bonds is 11. The van der Waals surface area contributed by atoms with Crippen molar-refractivity contribution in [3.05, 3.63) is 59.7 Å². The summed E-state index contributed by atoms with van der Waals surface area (Å²) < 4.78 is 38.3. The molecular weight excluding hydrogens is 546 g/mol. The van der Waals surface area contributed by atoms with Crippen LogP contribution in [-0.4, -0.2) is 71.2 Å². The third-order valence-electron chi connectivity index (χ3n) is 7.04. The number of nitrogens with zero attached hydrogens (tertiary/aromatic N) is 3. The van der Waals surface area contributed by atoms with Crippen molar-refractivity contribution in [3.63, 3.8) is 0 Å². The van der Waals surface area contributed by atoms with Crippen LogP contribution >= 0.6 is 0 Å². The second-order valence-electron chi connectivity index (χ2n) is 10.7. The first kappa shape index (κ1) is 32.1. The number of amides is 1. The van der Waals surface area contributed by atoms with Gasteiger partial charge in [0.25, 0.3) is 5.91 Å². The zero-order valence-electron chi connectivity index (χ0n) is 25.1. The number of hydrogen-bond donors (Lipinski definition) is 0. The van der Waals surface area contributed by atoms with Gasteiger partial charge in [-0.25, -0.2) is 9.22 Å². The molecule has 2 unspecified atom stereocenters. The Kier molecular flexibility index (Phi) is 10.9. The molecule has 10 nitrogen and oxygen atoms in total. The molecule has 0 saturated carbocycles. The molecule has 0 aliphatic carbocycles. The highest BCUT2D eigenvalue weighted by molar-refractivity contribution is 7.85. The Morgan fingerprint density at radius 3 is 1.83 bits per heavy atom. The van der Waals surface area contributed by atoms with E-state index < -0.39 is 45.5 Å². The van der Waals surface area contributed by atoms with Crippen molar-refractivity contribution < 1.29 is 32.7 Å². The lowest BCUT2D eigenvalue weighted by molar-refractivity contribution is -0.151. The van der Waals surface area contributed by atoms with Gasteiger partial charge in [-0.3, -0.25) is 14.6 Å². The van der Waals surface area contributed by atoms with E-state index in [1.807, 2.05) is 81.2 Å². The van der Waals surface area contributed by atoms with Gasteiger partial charge in [-0.2, -0.15) is 4.40 Å². The molecule has 2 aromatic rings. The van der Waals surface area contributed by atoms with Crippen LogP contribution in [0.15, 0.2) is 52.9 Å². The normalized spacial score (nSPS) is 19.6. The van der Waals surface area contributed by atoms with Crippen molar-refractivity contribution >= 4 is 28.8 Å². The first-order valence-electron chi connectivity index (χ1n) is 13.4. The van der Waals surface area contributed by atoms with Crippen LogP contribution < -0.4 is 9.47 Å². The summed E-state index contributed by atoms with van der Waals surface area (Å²) in [5.41, 5.74) is 1.75. The third-order valence-corrected chi connectivity index (χ3v) is 8.44. The Morgan fingerprint density at radius 2 is 1.41 bits per heavy atom. The van der Waals surface area contributed by atoms with Crippen molar-refractivity contribution in [2.75, 3.05) is 28.4 Å². The molecule has 0 bridgehead atoms. The van der Waals surface area contributed by atoms with Gasteiger partial charge in [0, 0.05) is 6.54 Å². The van der Waals surface area contributed by atoms with Crippen molar-refractivity contribution in [3.8, 4) is 11.5 Å². The van der Waals surface area contributed by atoms with Gasteiger partial charge in [0.05, 0.1) is 51.7 Å². The monoisotopic (exact) mass is 587 g/mol. The van der Waals surface area contributed by atoms with Crippen molar-refractivity contribution in [2.45, 2.75) is 58.0 Å². The molecule has 2 aromatic carbocycles. The standard InChI is InChI=1S/C30H41N3O7S/c1-9-24(27(39-7)31-41(36)30(2,3)4)26-25(29(35)40-8)28(34)33(19-21-12-16-23(38-6)17-13-21)32(26)18-20-10-14-22(37-5)15-11-20/h10-17,24-26H,9,18-19H2,1-8H3/b31-27-/t24?,25-,26-,41?/m1/s1. The highest BCUT2D eigenvalue weighted by Gasteiger charge is 2.55. The molecule has 4 atom stereocenters. The second kappa shape index (κ2) is 14.0. The molecule has 1 aliphatic heterocycles. The molecule has 0 aromatic heterocycles. The topological polar surface area (TPSA) is 107 Å². The molecule has 1 heterocycles. The highest BCUT2D eigenvalue weighted by Crippen LogP contribution is 2.37. The number of esters is 1.